The van der Waals surface area contributed by atoms with Crippen LogP contribution in [0.5, 0.6) is 5.75 Å². The van der Waals surface area contributed by atoms with Crippen LogP contribution in [0.25, 0.3) is 0 Å². The molecule has 17 heavy (non-hydrogen) atoms. The third-order valence-corrected chi connectivity index (χ3v) is 2.41. The SMILES string of the molecule is C#CC[C@H](COCc1ccc(OC)cc1)OC. The van der Waals surface area contributed by atoms with E-state index in [2.05, 4.69) is 5.92 Å². The van der Waals surface area contributed by atoms with Gasteiger partial charge in [0, 0.05) is 13.5 Å². The summed E-state index contributed by atoms with van der Waals surface area (Å²) < 4.78 is 15.8. The van der Waals surface area contributed by atoms with Gasteiger partial charge in [0.15, 0.2) is 0 Å². The summed E-state index contributed by atoms with van der Waals surface area (Å²) in [4.78, 5) is 0. The van der Waals surface area contributed by atoms with Crippen molar-refractivity contribution in [2.75, 3.05) is 20.8 Å². The molecule has 0 amide bonds. The van der Waals surface area contributed by atoms with Gasteiger partial charge in [-0.1, -0.05) is 12.1 Å². The van der Waals surface area contributed by atoms with Crippen LogP contribution in [0.4, 0.5) is 0 Å². The molecular formula is C14H18O3. The Morgan fingerprint density at radius 1 is 1.24 bits per heavy atom. The second-order valence-corrected chi connectivity index (χ2v) is 3.63. The van der Waals surface area contributed by atoms with Crippen molar-refractivity contribution in [1.29, 1.82) is 0 Å². The fourth-order valence-corrected chi connectivity index (χ4v) is 1.37. The van der Waals surface area contributed by atoms with Crippen molar-refractivity contribution in [3.05, 3.63) is 29.8 Å². The van der Waals surface area contributed by atoms with Crippen LogP contribution >= 0.6 is 0 Å². The highest BCUT2D eigenvalue weighted by molar-refractivity contribution is 5.26. The van der Waals surface area contributed by atoms with E-state index in [-0.39, 0.29) is 6.10 Å². The van der Waals surface area contributed by atoms with Gasteiger partial charge in [0.2, 0.25) is 0 Å². The van der Waals surface area contributed by atoms with Crippen molar-refractivity contribution >= 4 is 0 Å². The number of hydrogen-bond acceptors (Lipinski definition) is 3. The molecule has 0 fully saturated rings. The van der Waals surface area contributed by atoms with E-state index in [1.807, 2.05) is 24.3 Å². The average Bonchev–Trinajstić information content (AvgIpc) is 2.38. The first-order valence-corrected chi connectivity index (χ1v) is 5.47. The van der Waals surface area contributed by atoms with Gasteiger partial charge in [0.25, 0.3) is 0 Å². The van der Waals surface area contributed by atoms with Gasteiger partial charge < -0.3 is 14.2 Å². The summed E-state index contributed by atoms with van der Waals surface area (Å²) in [6.45, 7) is 1.06. The maximum absolute atomic E-state index is 5.54. The second-order valence-electron chi connectivity index (χ2n) is 3.63. The number of hydrogen-bond donors (Lipinski definition) is 0. The number of ether oxygens (including phenoxy) is 3. The number of methoxy groups -OCH3 is 2. The molecule has 92 valence electrons. The number of terminal acetylenes is 1. The molecule has 0 N–H and O–H groups in total. The van der Waals surface area contributed by atoms with Gasteiger partial charge in [-0.25, -0.2) is 0 Å². The third kappa shape index (κ3) is 4.90. The van der Waals surface area contributed by atoms with Crippen molar-refractivity contribution in [3.63, 3.8) is 0 Å². The first-order valence-electron chi connectivity index (χ1n) is 5.47. The van der Waals surface area contributed by atoms with Gasteiger partial charge in [0.05, 0.1) is 26.4 Å². The van der Waals surface area contributed by atoms with Gasteiger partial charge in [-0.3, -0.25) is 0 Å². The minimum Gasteiger partial charge on any atom is -0.497 e. The largest absolute Gasteiger partial charge is 0.497 e. The zero-order valence-corrected chi connectivity index (χ0v) is 10.3. The molecule has 1 atom stereocenters. The van der Waals surface area contributed by atoms with E-state index in [1.165, 1.54) is 0 Å². The van der Waals surface area contributed by atoms with Gasteiger partial charge in [-0.2, -0.15) is 0 Å². The van der Waals surface area contributed by atoms with Gasteiger partial charge in [-0.05, 0) is 17.7 Å². The van der Waals surface area contributed by atoms with Crippen molar-refractivity contribution in [2.24, 2.45) is 0 Å². The van der Waals surface area contributed by atoms with E-state index in [0.29, 0.717) is 19.6 Å². The zero-order valence-electron chi connectivity index (χ0n) is 10.3. The normalized spacial score (nSPS) is 11.8. The maximum Gasteiger partial charge on any atom is 0.118 e. The van der Waals surface area contributed by atoms with Crippen molar-refractivity contribution in [1.82, 2.24) is 0 Å². The Bertz CT molecular complexity index is 351. The quantitative estimate of drug-likeness (QED) is 0.677. The minimum atomic E-state index is -0.0294. The molecule has 0 aromatic heterocycles. The lowest BCUT2D eigenvalue weighted by atomic mass is 10.2. The highest BCUT2D eigenvalue weighted by Crippen LogP contribution is 2.12. The first-order chi connectivity index (χ1) is 8.30. The lowest BCUT2D eigenvalue weighted by molar-refractivity contribution is 0.00487. The molecule has 0 saturated heterocycles. The van der Waals surface area contributed by atoms with Gasteiger partial charge in [0.1, 0.15) is 5.75 Å². The Kier molecular flexibility index (Phi) is 6.16. The van der Waals surface area contributed by atoms with Crippen LogP contribution in [-0.4, -0.2) is 26.9 Å². The number of benzene rings is 1. The van der Waals surface area contributed by atoms with Crippen molar-refractivity contribution < 1.29 is 14.2 Å². The van der Waals surface area contributed by atoms with E-state index < -0.39 is 0 Å². The Morgan fingerprint density at radius 3 is 2.47 bits per heavy atom. The van der Waals surface area contributed by atoms with E-state index in [1.54, 1.807) is 14.2 Å². The predicted molar refractivity (Wildman–Crippen MR) is 66.9 cm³/mol. The molecule has 1 aromatic rings. The Balaban J connectivity index is 2.32. The maximum atomic E-state index is 5.54. The van der Waals surface area contributed by atoms with Crippen LogP contribution in [0.3, 0.4) is 0 Å². The van der Waals surface area contributed by atoms with Crippen LogP contribution < -0.4 is 4.74 Å². The molecule has 1 rings (SSSR count). The summed E-state index contributed by atoms with van der Waals surface area (Å²) in [7, 11) is 3.28. The van der Waals surface area contributed by atoms with Crippen LogP contribution in [0.15, 0.2) is 24.3 Å². The molecule has 0 radical (unpaired) electrons. The van der Waals surface area contributed by atoms with Gasteiger partial charge >= 0.3 is 0 Å². The summed E-state index contributed by atoms with van der Waals surface area (Å²) in [5, 5.41) is 0. The fourth-order valence-electron chi connectivity index (χ4n) is 1.37. The van der Waals surface area contributed by atoms with E-state index in [4.69, 9.17) is 20.6 Å². The summed E-state index contributed by atoms with van der Waals surface area (Å²) in [5.41, 5.74) is 1.10. The second kappa shape index (κ2) is 7.72. The minimum absolute atomic E-state index is 0.0294. The molecule has 3 heteroatoms. The Morgan fingerprint density at radius 2 is 1.94 bits per heavy atom. The van der Waals surface area contributed by atoms with Crippen molar-refractivity contribution in [3.8, 4) is 18.1 Å². The fraction of sp³-hybridized carbons (Fsp3) is 0.429. The Labute approximate surface area is 103 Å². The molecule has 0 bridgehead atoms. The molecule has 0 saturated carbocycles. The third-order valence-electron chi connectivity index (χ3n) is 2.41. The lowest BCUT2D eigenvalue weighted by Crippen LogP contribution is -2.17. The Hall–Kier alpha value is -1.50. The molecule has 1 aromatic carbocycles. The summed E-state index contributed by atoms with van der Waals surface area (Å²) in [6.07, 6.45) is 5.76. The average molecular weight is 234 g/mol. The zero-order chi connectivity index (χ0) is 12.5. The first kappa shape index (κ1) is 13.6. The highest BCUT2D eigenvalue weighted by atomic mass is 16.5. The predicted octanol–water partition coefficient (Wildman–Crippen LogP) is 2.25. The number of rotatable bonds is 7. The summed E-state index contributed by atoms with van der Waals surface area (Å²) >= 11 is 0. The van der Waals surface area contributed by atoms with E-state index >= 15 is 0 Å². The van der Waals surface area contributed by atoms with Crippen molar-refractivity contribution in [2.45, 2.75) is 19.1 Å². The van der Waals surface area contributed by atoms with Gasteiger partial charge in [-0.15, -0.1) is 12.3 Å². The standard InChI is InChI=1S/C14H18O3/c1-4-5-14(16-3)11-17-10-12-6-8-13(15-2)9-7-12/h1,6-9,14H,5,10-11H2,2-3H3/t14-/m1/s1. The molecule has 0 aliphatic rings. The molecule has 3 nitrogen and oxygen atoms in total. The summed E-state index contributed by atoms with van der Waals surface area (Å²) in [5.74, 6) is 3.40. The monoisotopic (exact) mass is 234 g/mol. The lowest BCUT2D eigenvalue weighted by Gasteiger charge is -2.12. The highest BCUT2D eigenvalue weighted by Gasteiger charge is 2.05. The molecule has 0 unspecified atom stereocenters. The molecule has 0 spiro atoms. The van der Waals surface area contributed by atoms with Crippen LogP contribution in [0.2, 0.25) is 0 Å². The molecule has 0 heterocycles. The molecule has 0 aliphatic carbocycles. The van der Waals surface area contributed by atoms with Crippen LogP contribution in [-0.2, 0) is 16.1 Å². The smallest absolute Gasteiger partial charge is 0.118 e. The van der Waals surface area contributed by atoms with E-state index in [9.17, 15) is 0 Å². The molecule has 0 aliphatic heterocycles. The van der Waals surface area contributed by atoms with Crippen LogP contribution in [0.1, 0.15) is 12.0 Å². The summed E-state index contributed by atoms with van der Waals surface area (Å²) in [6, 6.07) is 7.77. The van der Waals surface area contributed by atoms with E-state index in [0.717, 1.165) is 11.3 Å². The van der Waals surface area contributed by atoms with Crippen LogP contribution in [0, 0.1) is 12.3 Å². The topological polar surface area (TPSA) is 27.7 Å². The molecular weight excluding hydrogens is 216 g/mol.